The van der Waals surface area contributed by atoms with Crippen molar-refractivity contribution in [1.82, 2.24) is 0 Å². The number of ether oxygens (including phenoxy) is 2. The zero-order valence-electron chi connectivity index (χ0n) is 27.3. The van der Waals surface area contributed by atoms with E-state index < -0.39 is 51.8 Å². The normalized spacial score (nSPS) is 15.0. The average molecular weight is 657 g/mol. The minimum Gasteiger partial charge on any atom is -0.462 e. The van der Waals surface area contributed by atoms with Crippen LogP contribution in [0, 0.1) is 0 Å². The van der Waals surface area contributed by atoms with E-state index in [9.17, 15) is 24.2 Å². The monoisotopic (exact) mass is 656 g/mol. The van der Waals surface area contributed by atoms with Gasteiger partial charge in [-0.15, -0.1) is 0 Å². The number of phosphoric ester groups is 1. The second kappa shape index (κ2) is 30.3. The lowest BCUT2D eigenvalue weighted by Gasteiger charge is -2.20. The molecule has 0 amide bonds. The first-order valence-electron chi connectivity index (χ1n) is 16.2. The van der Waals surface area contributed by atoms with Gasteiger partial charge >= 0.3 is 19.8 Å². The van der Waals surface area contributed by atoms with Crippen molar-refractivity contribution in [2.24, 2.45) is 0 Å². The number of rotatable bonds is 29. The number of aliphatic hydroxyl groups excluding tert-OH is 2. The predicted molar refractivity (Wildman–Crippen MR) is 177 cm³/mol. The molecule has 0 aliphatic heterocycles. The van der Waals surface area contributed by atoms with Crippen LogP contribution >= 0.6 is 7.82 Å². The Bertz CT molecular complexity index is 941. The third-order valence-corrected chi connectivity index (χ3v) is 7.14. The maximum Gasteiger partial charge on any atom is 0.472 e. The number of esters is 2. The second-order valence-corrected chi connectivity index (χ2v) is 11.9. The van der Waals surface area contributed by atoms with Crippen molar-refractivity contribution in [2.75, 3.05) is 26.4 Å². The lowest BCUT2D eigenvalue weighted by atomic mass is 10.1. The molecule has 0 heterocycles. The quantitative estimate of drug-likeness (QED) is 0.0326. The van der Waals surface area contributed by atoms with Crippen LogP contribution in [0.1, 0.15) is 104 Å². The molecule has 10 nitrogen and oxygen atoms in total. The van der Waals surface area contributed by atoms with Crippen molar-refractivity contribution in [1.29, 1.82) is 0 Å². The van der Waals surface area contributed by atoms with Crippen molar-refractivity contribution in [2.45, 2.75) is 116 Å². The Kier molecular flexibility index (Phi) is 28.8. The Morgan fingerprint density at radius 2 is 1.22 bits per heavy atom. The largest absolute Gasteiger partial charge is 0.472 e. The molecule has 0 saturated heterocycles. The first kappa shape index (κ1) is 42.7. The summed E-state index contributed by atoms with van der Waals surface area (Å²) in [6, 6.07) is 0. The van der Waals surface area contributed by atoms with Crippen LogP contribution in [0.5, 0.6) is 0 Å². The molecule has 258 valence electrons. The second-order valence-electron chi connectivity index (χ2n) is 10.5. The summed E-state index contributed by atoms with van der Waals surface area (Å²) in [7, 11) is -4.60. The lowest BCUT2D eigenvalue weighted by Crippen LogP contribution is -2.29. The topological polar surface area (TPSA) is 149 Å². The van der Waals surface area contributed by atoms with Crippen LogP contribution in [0.2, 0.25) is 0 Å². The van der Waals surface area contributed by atoms with Gasteiger partial charge in [0.15, 0.2) is 6.10 Å². The maximum absolute atomic E-state index is 12.4. The molecule has 0 aliphatic rings. The fraction of sp³-hybridized carbons (Fsp3) is 0.647. The molecule has 0 bridgehead atoms. The third kappa shape index (κ3) is 30.1. The van der Waals surface area contributed by atoms with Gasteiger partial charge in [0.05, 0.1) is 19.8 Å². The van der Waals surface area contributed by atoms with Crippen LogP contribution in [-0.4, -0.2) is 65.7 Å². The minimum absolute atomic E-state index is 0.141. The molecule has 0 aromatic heterocycles. The number of allylic oxidation sites excluding steroid dienone is 10. The van der Waals surface area contributed by atoms with E-state index in [1.54, 1.807) is 0 Å². The molecule has 0 fully saturated rings. The molecule has 0 rings (SSSR count). The summed E-state index contributed by atoms with van der Waals surface area (Å²) in [6.07, 6.45) is 30.1. The van der Waals surface area contributed by atoms with Crippen LogP contribution in [-0.2, 0) is 32.7 Å². The molecule has 3 unspecified atom stereocenters. The van der Waals surface area contributed by atoms with Gasteiger partial charge in [-0.3, -0.25) is 18.6 Å². The highest BCUT2D eigenvalue weighted by Crippen LogP contribution is 2.43. The fourth-order valence-corrected chi connectivity index (χ4v) is 4.45. The van der Waals surface area contributed by atoms with Crippen LogP contribution in [0.3, 0.4) is 0 Å². The van der Waals surface area contributed by atoms with E-state index in [0.29, 0.717) is 12.8 Å². The molecule has 0 aliphatic carbocycles. The molecular weight excluding hydrogens is 599 g/mol. The first-order valence-corrected chi connectivity index (χ1v) is 17.7. The smallest absolute Gasteiger partial charge is 0.462 e. The van der Waals surface area contributed by atoms with Crippen molar-refractivity contribution >= 4 is 19.8 Å². The molecule has 45 heavy (non-hydrogen) atoms. The van der Waals surface area contributed by atoms with E-state index in [4.69, 9.17) is 19.1 Å². The molecule has 0 saturated carbocycles. The summed E-state index contributed by atoms with van der Waals surface area (Å²) in [6.45, 7) is 1.98. The number of hydrogen-bond donors (Lipinski definition) is 3. The highest BCUT2D eigenvalue weighted by molar-refractivity contribution is 7.47. The van der Waals surface area contributed by atoms with Gasteiger partial charge in [0.1, 0.15) is 12.7 Å². The van der Waals surface area contributed by atoms with Gasteiger partial charge in [-0.1, -0.05) is 93.9 Å². The Hall–Kier alpha value is -2.33. The highest BCUT2D eigenvalue weighted by Gasteiger charge is 2.27. The average Bonchev–Trinajstić information content (AvgIpc) is 3.02. The number of carbonyl (C=O) groups excluding carboxylic acids is 2. The molecule has 0 spiro atoms. The number of carbonyl (C=O) groups is 2. The van der Waals surface area contributed by atoms with Gasteiger partial charge in [0.25, 0.3) is 0 Å². The van der Waals surface area contributed by atoms with Crippen LogP contribution in [0.25, 0.3) is 0 Å². The number of aliphatic hydroxyl groups is 2. The Balaban J connectivity index is 4.32. The molecule has 0 radical (unpaired) electrons. The number of hydrogen-bond acceptors (Lipinski definition) is 9. The van der Waals surface area contributed by atoms with Gasteiger partial charge in [-0.25, -0.2) is 4.57 Å². The Morgan fingerprint density at radius 3 is 1.80 bits per heavy atom. The summed E-state index contributed by atoms with van der Waals surface area (Å²) < 4.78 is 32.1. The van der Waals surface area contributed by atoms with E-state index in [-0.39, 0.29) is 19.4 Å². The van der Waals surface area contributed by atoms with E-state index in [0.717, 1.165) is 64.2 Å². The SMILES string of the molecule is CC/C=C\C/C=C\C/C=C\C/C=C\C/C=C\CCCCCC(=O)OC(COC(=O)CCCCC)COP(=O)(O)OCC(O)CO. The summed E-state index contributed by atoms with van der Waals surface area (Å²) >= 11 is 0. The fourth-order valence-electron chi connectivity index (χ4n) is 3.66. The maximum atomic E-state index is 12.4. The standard InChI is InChI=1S/C34H57O10P/c1-3-5-7-8-9-10-11-12-13-14-15-16-17-18-19-20-21-22-24-26-34(38)44-32(29-41-33(37)25-23-6-4-2)30-43-45(39,40)42-28-31(36)27-35/h5,7,9-10,12-13,15-16,18-19,31-32,35-36H,3-4,6,8,11,14,17,20-30H2,1-2H3,(H,39,40)/b7-5-,10-9-,13-12-,16-15-,19-18-. The van der Waals surface area contributed by atoms with Crippen LogP contribution in [0.4, 0.5) is 0 Å². The van der Waals surface area contributed by atoms with E-state index >= 15 is 0 Å². The molecule has 3 atom stereocenters. The van der Waals surface area contributed by atoms with Crippen LogP contribution in [0.15, 0.2) is 60.8 Å². The highest BCUT2D eigenvalue weighted by atomic mass is 31.2. The van der Waals surface area contributed by atoms with Crippen molar-refractivity contribution < 1.29 is 47.8 Å². The van der Waals surface area contributed by atoms with E-state index in [2.05, 4.69) is 72.2 Å². The molecule has 3 N–H and O–H groups in total. The Labute approximate surface area is 270 Å². The summed E-state index contributed by atoms with van der Waals surface area (Å²) in [5.41, 5.74) is 0. The van der Waals surface area contributed by atoms with Gasteiger partial charge < -0.3 is 24.6 Å². The minimum atomic E-state index is -4.60. The summed E-state index contributed by atoms with van der Waals surface area (Å²) in [5.74, 6) is -1.00. The van der Waals surface area contributed by atoms with Crippen molar-refractivity contribution in [3.63, 3.8) is 0 Å². The molecule has 0 aromatic carbocycles. The predicted octanol–water partition coefficient (Wildman–Crippen LogP) is 7.21. The number of unbranched alkanes of at least 4 members (excludes halogenated alkanes) is 5. The van der Waals surface area contributed by atoms with Gasteiger partial charge in [0.2, 0.25) is 0 Å². The zero-order chi connectivity index (χ0) is 33.4. The third-order valence-electron chi connectivity index (χ3n) is 6.19. The summed E-state index contributed by atoms with van der Waals surface area (Å²) in [4.78, 5) is 34.2. The summed E-state index contributed by atoms with van der Waals surface area (Å²) in [5, 5.41) is 18.1. The first-order chi connectivity index (χ1) is 21.7. The van der Waals surface area contributed by atoms with Crippen molar-refractivity contribution in [3.8, 4) is 0 Å². The van der Waals surface area contributed by atoms with E-state index in [1.807, 2.05) is 6.92 Å². The molecule has 0 aromatic rings. The lowest BCUT2D eigenvalue weighted by molar-refractivity contribution is -0.161. The van der Waals surface area contributed by atoms with E-state index in [1.165, 1.54) is 0 Å². The van der Waals surface area contributed by atoms with Gasteiger partial charge in [0, 0.05) is 12.8 Å². The van der Waals surface area contributed by atoms with Crippen molar-refractivity contribution in [3.05, 3.63) is 60.8 Å². The molecular formula is C34H57O10P. The zero-order valence-corrected chi connectivity index (χ0v) is 28.2. The number of phosphoric acid groups is 1. The van der Waals surface area contributed by atoms with Crippen LogP contribution < -0.4 is 0 Å². The molecule has 11 heteroatoms. The van der Waals surface area contributed by atoms with Gasteiger partial charge in [-0.05, 0) is 57.8 Å². The Morgan fingerprint density at radius 1 is 0.689 bits per heavy atom. The van der Waals surface area contributed by atoms with Gasteiger partial charge in [-0.2, -0.15) is 0 Å².